The van der Waals surface area contributed by atoms with Gasteiger partial charge in [0.2, 0.25) is 0 Å². The molecule has 4 aromatic rings. The number of fused-ring (bicyclic) bond motifs is 2. The van der Waals surface area contributed by atoms with E-state index in [2.05, 4.69) is 12.6 Å². The van der Waals surface area contributed by atoms with E-state index in [-0.39, 0.29) is 11.5 Å². The Morgan fingerprint density at radius 1 is 0.674 bits per heavy atom. The van der Waals surface area contributed by atoms with Crippen LogP contribution in [0, 0.1) is 0 Å². The Balaban J connectivity index is 0.000000260. The van der Waals surface area contributed by atoms with Crippen molar-refractivity contribution in [3.63, 3.8) is 0 Å². The van der Waals surface area contributed by atoms with Crippen LogP contribution in [0.2, 0.25) is 0 Å². The third-order valence-corrected chi connectivity index (χ3v) is 6.71. The summed E-state index contributed by atoms with van der Waals surface area (Å²) in [6.45, 7) is -1.17. The van der Waals surface area contributed by atoms with Crippen LogP contribution in [0.3, 0.4) is 0 Å². The average Bonchev–Trinajstić information content (AvgIpc) is 3.00. The number of phenolic OH excluding ortho intramolecular Hbond substituents is 2. The number of rotatable bonds is 10. The molecule has 0 radical (unpaired) electrons. The summed E-state index contributed by atoms with van der Waals surface area (Å²) in [5.74, 6) is -2.38. The van der Waals surface area contributed by atoms with Crippen molar-refractivity contribution < 1.29 is 83.3 Å². The predicted molar refractivity (Wildman–Crippen MR) is 146 cm³/mol. The molecule has 15 heteroatoms. The van der Waals surface area contributed by atoms with Gasteiger partial charge >= 0.3 is 55.0 Å². The molecular formula is C28H26N2O11V2. The summed E-state index contributed by atoms with van der Waals surface area (Å²) in [4.78, 5) is 29.1. The van der Waals surface area contributed by atoms with Crippen molar-refractivity contribution in [1.82, 2.24) is 0 Å². The van der Waals surface area contributed by atoms with Crippen LogP contribution in [-0.4, -0.2) is 80.3 Å². The molecule has 0 aliphatic rings. The summed E-state index contributed by atoms with van der Waals surface area (Å²) in [7, 11) is 0. The molecule has 224 valence electrons. The van der Waals surface area contributed by atoms with Gasteiger partial charge in [-0.25, -0.2) is 9.59 Å². The first-order valence-electron chi connectivity index (χ1n) is 12.1. The van der Waals surface area contributed by atoms with E-state index in [9.17, 15) is 27.2 Å². The molecule has 0 amide bonds. The van der Waals surface area contributed by atoms with Gasteiger partial charge < -0.3 is 30.6 Å². The van der Waals surface area contributed by atoms with Crippen molar-refractivity contribution in [2.45, 2.75) is 12.1 Å². The summed E-state index contributed by atoms with van der Waals surface area (Å²) in [6.07, 6.45) is 2.57. The van der Waals surface area contributed by atoms with Gasteiger partial charge in [-0.15, -0.1) is 0 Å². The van der Waals surface area contributed by atoms with Gasteiger partial charge in [0, 0.05) is 23.6 Å². The van der Waals surface area contributed by atoms with Crippen molar-refractivity contribution in [2.24, 2.45) is 9.98 Å². The number of nitrogens with zero attached hydrogens (tertiary/aromatic N) is 2. The molecule has 13 nitrogen and oxygen atoms in total. The number of aliphatic carboxylic acids is 2. The number of benzene rings is 4. The Bertz CT molecular complexity index is 1510. The number of aromatic hydroxyl groups is 2. The Kier molecular flexibility index (Phi) is 15.1. The van der Waals surface area contributed by atoms with Crippen molar-refractivity contribution in [2.75, 3.05) is 13.2 Å². The van der Waals surface area contributed by atoms with Crippen LogP contribution in [0.25, 0.3) is 21.5 Å². The molecule has 0 saturated heterocycles. The van der Waals surface area contributed by atoms with Gasteiger partial charge in [-0.05, 0) is 33.7 Å². The number of hydrogen-bond donors (Lipinski definition) is 6. The Hall–Kier alpha value is -4.07. The van der Waals surface area contributed by atoms with E-state index in [0.29, 0.717) is 11.1 Å². The zero-order valence-electron chi connectivity index (χ0n) is 22.2. The maximum absolute atomic E-state index is 10.8. The molecule has 0 saturated carbocycles. The molecule has 2 atom stereocenters. The van der Waals surface area contributed by atoms with Gasteiger partial charge in [-0.1, -0.05) is 60.7 Å². The number of aliphatic imine (C=N–C) groups is 2. The number of aliphatic hydroxyl groups is 2. The zero-order valence-corrected chi connectivity index (χ0v) is 25.0. The van der Waals surface area contributed by atoms with Gasteiger partial charge in [-0.3, -0.25) is 9.98 Å². The van der Waals surface area contributed by atoms with E-state index in [1.165, 1.54) is 24.6 Å². The molecule has 0 spiro atoms. The van der Waals surface area contributed by atoms with Crippen LogP contribution >= 0.6 is 0 Å². The quantitative estimate of drug-likeness (QED) is 0.135. The molecule has 4 aromatic carbocycles. The molecule has 4 rings (SSSR count). The first-order chi connectivity index (χ1) is 20.7. The van der Waals surface area contributed by atoms with Crippen LogP contribution in [-0.2, 0) is 52.7 Å². The molecule has 6 N–H and O–H groups in total. The van der Waals surface area contributed by atoms with Crippen LogP contribution < -0.4 is 0 Å². The fourth-order valence-corrected chi connectivity index (χ4v) is 3.78. The zero-order chi connectivity index (χ0) is 31.8. The fourth-order valence-electron chi connectivity index (χ4n) is 3.56. The standard InChI is InChI=1S/2C14H13NO4.3O.2V/c2*16-8-12(14(18)19)15-7-11-10-4-2-1-3-9(10)5-6-13(11)17;;;;;/h2*1-7,12,16-17H,8H2,(H,18,19);;;;;/t2*12-;;;;;/m00...../s1. The molecule has 43 heavy (non-hydrogen) atoms. The fraction of sp³-hybridized carbons (Fsp3) is 0.143. The topological polar surface area (TPSA) is 224 Å². The second-order valence-corrected chi connectivity index (χ2v) is 10.1. The summed E-state index contributed by atoms with van der Waals surface area (Å²) in [5, 5.41) is 58.4. The van der Waals surface area contributed by atoms with Gasteiger partial charge in [0.25, 0.3) is 0 Å². The minimum atomic E-state index is -1.30. The van der Waals surface area contributed by atoms with E-state index in [1.807, 2.05) is 48.5 Å². The first-order valence-corrected chi connectivity index (χ1v) is 14.4. The number of hydrogen-bond acceptors (Lipinski definition) is 11. The minimum absolute atomic E-state index is 0.0181. The second kappa shape index (κ2) is 18.5. The average molecular weight is 668 g/mol. The van der Waals surface area contributed by atoms with Gasteiger partial charge in [0.15, 0.2) is 12.1 Å². The van der Waals surface area contributed by atoms with Crippen LogP contribution in [0.5, 0.6) is 11.5 Å². The monoisotopic (exact) mass is 668 g/mol. The van der Waals surface area contributed by atoms with Crippen LogP contribution in [0.4, 0.5) is 0 Å². The van der Waals surface area contributed by atoms with E-state index in [0.717, 1.165) is 21.5 Å². The van der Waals surface area contributed by atoms with Crippen molar-refractivity contribution in [3.05, 3.63) is 83.9 Å². The number of carboxylic acids is 2. The molecule has 0 unspecified atom stereocenters. The number of phenols is 2. The van der Waals surface area contributed by atoms with Crippen LogP contribution in [0.1, 0.15) is 11.1 Å². The van der Waals surface area contributed by atoms with Crippen molar-refractivity contribution in [1.29, 1.82) is 0 Å². The predicted octanol–water partition coefficient (Wildman–Crippen LogP) is 2.51. The normalized spacial score (nSPS) is 12.1. The van der Waals surface area contributed by atoms with E-state index >= 15 is 0 Å². The van der Waals surface area contributed by atoms with Gasteiger partial charge in [0.1, 0.15) is 11.5 Å². The first kappa shape index (κ1) is 35.1. The SMILES string of the molecule is O=C(O)[C@H](CO)N=Cc1c(O)ccc2ccccc12.O=C(O)[C@H](CO)N=Cc1c(O)ccc2ccccc12.[O]=[V][O][V]=[O]. The van der Waals surface area contributed by atoms with E-state index < -0.39 is 70.4 Å². The molecule has 0 fully saturated rings. The van der Waals surface area contributed by atoms with E-state index in [4.69, 9.17) is 20.4 Å². The van der Waals surface area contributed by atoms with Crippen molar-refractivity contribution in [3.8, 4) is 11.5 Å². The molecule has 0 bridgehead atoms. The number of carboxylic acid groups (broad SMARTS) is 2. The van der Waals surface area contributed by atoms with E-state index in [1.54, 1.807) is 12.1 Å². The Morgan fingerprint density at radius 2 is 1.05 bits per heavy atom. The Labute approximate surface area is 259 Å². The summed E-state index contributed by atoms with van der Waals surface area (Å²) >= 11 is -2.61. The van der Waals surface area contributed by atoms with Gasteiger partial charge in [0.05, 0.1) is 13.2 Å². The summed E-state index contributed by atoms with van der Waals surface area (Å²) in [5.41, 5.74) is 0.885. The van der Waals surface area contributed by atoms with Gasteiger partial charge in [-0.2, -0.15) is 0 Å². The summed E-state index contributed by atoms with van der Waals surface area (Å²) < 4.78 is 22.4. The maximum atomic E-state index is 10.8. The van der Waals surface area contributed by atoms with Crippen LogP contribution in [0.15, 0.2) is 82.8 Å². The number of aliphatic hydroxyl groups excluding tert-OH is 2. The molecule has 0 heterocycles. The molecule has 0 aromatic heterocycles. The molecular weight excluding hydrogens is 642 g/mol. The summed E-state index contributed by atoms with van der Waals surface area (Å²) in [6, 6.07) is 18.9. The second-order valence-electron chi connectivity index (χ2n) is 8.30. The molecule has 0 aliphatic carbocycles. The Morgan fingerprint density at radius 3 is 1.35 bits per heavy atom. The third-order valence-electron chi connectivity index (χ3n) is 5.65. The molecule has 0 aliphatic heterocycles. The number of carbonyl (C=O) groups is 2. The van der Waals surface area contributed by atoms with Crippen molar-refractivity contribution >= 4 is 45.9 Å². The third kappa shape index (κ3) is 10.6.